The minimum absolute atomic E-state index is 0.941. The summed E-state index contributed by atoms with van der Waals surface area (Å²) < 4.78 is 5.06. The minimum atomic E-state index is 0.941. The Hall–Kier alpha value is -0.0400. The SMILES string of the molecule is CC[C@@H](C)CCCCCCCCCCCCCOC. The van der Waals surface area contributed by atoms with Crippen LogP contribution in [-0.4, -0.2) is 13.7 Å². The van der Waals surface area contributed by atoms with Crippen molar-refractivity contribution in [3.8, 4) is 0 Å². The molecule has 0 aliphatic carbocycles. The average molecular weight is 271 g/mol. The molecule has 0 saturated heterocycles. The number of ether oxygens (including phenoxy) is 1. The molecule has 0 fully saturated rings. The molecule has 0 heterocycles. The standard InChI is InChI=1S/C18H38O/c1-4-18(2)16-14-12-10-8-6-5-7-9-11-13-15-17-19-3/h18H,4-17H2,1-3H3/t18-/m1/s1. The molecular formula is C18H38O. The van der Waals surface area contributed by atoms with Gasteiger partial charge >= 0.3 is 0 Å². The molecule has 0 aliphatic rings. The Kier molecular flexibility index (Phi) is 16.0. The van der Waals surface area contributed by atoms with Crippen molar-refractivity contribution in [3.05, 3.63) is 0 Å². The van der Waals surface area contributed by atoms with Crippen LogP contribution in [0.2, 0.25) is 0 Å². The first-order valence-electron chi connectivity index (χ1n) is 8.80. The molecule has 1 nitrogen and oxygen atoms in total. The Morgan fingerprint density at radius 3 is 1.53 bits per heavy atom. The summed E-state index contributed by atoms with van der Waals surface area (Å²) in [7, 11) is 1.79. The summed E-state index contributed by atoms with van der Waals surface area (Å²) in [4.78, 5) is 0. The fourth-order valence-electron chi connectivity index (χ4n) is 2.53. The predicted octanol–water partition coefficient (Wildman–Crippen LogP) is 6.36. The van der Waals surface area contributed by atoms with Gasteiger partial charge in [0.1, 0.15) is 0 Å². The zero-order chi connectivity index (χ0) is 14.2. The van der Waals surface area contributed by atoms with Gasteiger partial charge in [0.25, 0.3) is 0 Å². The first-order chi connectivity index (χ1) is 9.31. The van der Waals surface area contributed by atoms with Crippen molar-refractivity contribution >= 4 is 0 Å². The lowest BCUT2D eigenvalue weighted by Crippen LogP contribution is -1.91. The molecule has 0 rings (SSSR count). The third-order valence-electron chi connectivity index (χ3n) is 4.24. The van der Waals surface area contributed by atoms with Crippen molar-refractivity contribution in [2.75, 3.05) is 13.7 Å². The van der Waals surface area contributed by atoms with Crippen LogP contribution in [-0.2, 0) is 4.74 Å². The van der Waals surface area contributed by atoms with Gasteiger partial charge in [-0.2, -0.15) is 0 Å². The maximum atomic E-state index is 5.06. The highest BCUT2D eigenvalue weighted by Crippen LogP contribution is 2.15. The number of hydrogen-bond donors (Lipinski definition) is 0. The number of hydrogen-bond acceptors (Lipinski definition) is 1. The second kappa shape index (κ2) is 16.0. The Bertz CT molecular complexity index is 156. The maximum Gasteiger partial charge on any atom is 0.0462 e. The Labute approximate surface area is 122 Å². The van der Waals surface area contributed by atoms with Crippen LogP contribution in [0.1, 0.15) is 97.3 Å². The monoisotopic (exact) mass is 270 g/mol. The van der Waals surface area contributed by atoms with Crippen LogP contribution in [0.3, 0.4) is 0 Å². The molecule has 0 aliphatic heterocycles. The smallest absolute Gasteiger partial charge is 0.0462 e. The molecule has 0 N–H and O–H groups in total. The van der Waals surface area contributed by atoms with E-state index in [0.29, 0.717) is 0 Å². The lowest BCUT2D eigenvalue weighted by Gasteiger charge is -2.07. The van der Waals surface area contributed by atoms with Gasteiger partial charge in [0.2, 0.25) is 0 Å². The first kappa shape index (κ1) is 19.0. The highest BCUT2D eigenvalue weighted by atomic mass is 16.5. The van der Waals surface area contributed by atoms with E-state index in [9.17, 15) is 0 Å². The van der Waals surface area contributed by atoms with Crippen LogP contribution >= 0.6 is 0 Å². The van der Waals surface area contributed by atoms with E-state index in [0.717, 1.165) is 12.5 Å². The third-order valence-corrected chi connectivity index (χ3v) is 4.24. The van der Waals surface area contributed by atoms with E-state index in [1.54, 1.807) is 7.11 Å². The number of unbranched alkanes of at least 4 members (excludes halogenated alkanes) is 10. The van der Waals surface area contributed by atoms with Crippen LogP contribution in [0.25, 0.3) is 0 Å². The molecule has 0 unspecified atom stereocenters. The predicted molar refractivity (Wildman–Crippen MR) is 86.7 cm³/mol. The van der Waals surface area contributed by atoms with Gasteiger partial charge in [-0.25, -0.2) is 0 Å². The highest BCUT2D eigenvalue weighted by molar-refractivity contribution is 4.52. The number of rotatable bonds is 15. The van der Waals surface area contributed by atoms with E-state index in [4.69, 9.17) is 4.74 Å². The molecule has 116 valence electrons. The van der Waals surface area contributed by atoms with E-state index in [1.807, 2.05) is 0 Å². The molecular weight excluding hydrogens is 232 g/mol. The lowest BCUT2D eigenvalue weighted by molar-refractivity contribution is 0.192. The van der Waals surface area contributed by atoms with Crippen LogP contribution < -0.4 is 0 Å². The second-order valence-corrected chi connectivity index (χ2v) is 6.18. The van der Waals surface area contributed by atoms with Gasteiger partial charge in [0.05, 0.1) is 0 Å². The van der Waals surface area contributed by atoms with Crippen molar-refractivity contribution in [1.29, 1.82) is 0 Å². The Balaban J connectivity index is 2.95. The van der Waals surface area contributed by atoms with E-state index < -0.39 is 0 Å². The highest BCUT2D eigenvalue weighted by Gasteiger charge is 1.98. The van der Waals surface area contributed by atoms with Gasteiger partial charge in [-0.05, 0) is 12.3 Å². The van der Waals surface area contributed by atoms with Crippen molar-refractivity contribution in [1.82, 2.24) is 0 Å². The van der Waals surface area contributed by atoms with Crippen molar-refractivity contribution in [2.45, 2.75) is 97.3 Å². The van der Waals surface area contributed by atoms with Gasteiger partial charge in [-0.3, -0.25) is 0 Å². The summed E-state index contributed by atoms with van der Waals surface area (Å²) in [5.74, 6) is 0.943. The average Bonchev–Trinajstić information content (AvgIpc) is 2.43. The van der Waals surface area contributed by atoms with Crippen LogP contribution in [0.15, 0.2) is 0 Å². The van der Waals surface area contributed by atoms with Crippen LogP contribution in [0.4, 0.5) is 0 Å². The molecule has 0 aromatic carbocycles. The summed E-state index contributed by atoms with van der Waals surface area (Å²) in [6, 6.07) is 0. The molecule has 0 bridgehead atoms. The van der Waals surface area contributed by atoms with Crippen LogP contribution in [0.5, 0.6) is 0 Å². The quantitative estimate of drug-likeness (QED) is 0.315. The fourth-order valence-corrected chi connectivity index (χ4v) is 2.53. The second-order valence-electron chi connectivity index (χ2n) is 6.18. The molecule has 1 heteroatoms. The van der Waals surface area contributed by atoms with Crippen molar-refractivity contribution in [2.24, 2.45) is 5.92 Å². The topological polar surface area (TPSA) is 9.23 Å². The van der Waals surface area contributed by atoms with E-state index >= 15 is 0 Å². The van der Waals surface area contributed by atoms with Gasteiger partial charge in [0.15, 0.2) is 0 Å². The fraction of sp³-hybridized carbons (Fsp3) is 1.00. The minimum Gasteiger partial charge on any atom is -0.385 e. The van der Waals surface area contributed by atoms with E-state index in [2.05, 4.69) is 13.8 Å². The maximum absolute atomic E-state index is 5.06. The van der Waals surface area contributed by atoms with Crippen molar-refractivity contribution < 1.29 is 4.74 Å². The van der Waals surface area contributed by atoms with Crippen molar-refractivity contribution in [3.63, 3.8) is 0 Å². The molecule has 0 radical (unpaired) electrons. The number of methoxy groups -OCH3 is 1. The van der Waals surface area contributed by atoms with Gasteiger partial charge in [-0.1, -0.05) is 90.9 Å². The molecule has 0 spiro atoms. The normalized spacial score (nSPS) is 12.8. The molecule has 1 atom stereocenters. The Morgan fingerprint density at radius 2 is 1.11 bits per heavy atom. The summed E-state index contributed by atoms with van der Waals surface area (Å²) in [6.07, 6.45) is 18.4. The zero-order valence-corrected chi connectivity index (χ0v) is 13.9. The third kappa shape index (κ3) is 15.9. The first-order valence-corrected chi connectivity index (χ1v) is 8.80. The van der Waals surface area contributed by atoms with Gasteiger partial charge in [0, 0.05) is 13.7 Å². The lowest BCUT2D eigenvalue weighted by atomic mass is 9.99. The van der Waals surface area contributed by atoms with Gasteiger partial charge in [-0.15, -0.1) is 0 Å². The Morgan fingerprint density at radius 1 is 0.684 bits per heavy atom. The van der Waals surface area contributed by atoms with Gasteiger partial charge < -0.3 is 4.74 Å². The molecule has 0 aromatic heterocycles. The molecule has 19 heavy (non-hydrogen) atoms. The molecule has 0 amide bonds. The summed E-state index contributed by atoms with van der Waals surface area (Å²) in [6.45, 7) is 5.63. The zero-order valence-electron chi connectivity index (χ0n) is 13.9. The largest absolute Gasteiger partial charge is 0.385 e. The summed E-state index contributed by atoms with van der Waals surface area (Å²) in [5, 5.41) is 0. The summed E-state index contributed by atoms with van der Waals surface area (Å²) in [5.41, 5.74) is 0. The molecule has 0 saturated carbocycles. The van der Waals surface area contributed by atoms with Crippen LogP contribution in [0, 0.1) is 5.92 Å². The van der Waals surface area contributed by atoms with E-state index in [1.165, 1.54) is 83.5 Å². The molecule has 0 aromatic rings. The van der Waals surface area contributed by atoms with E-state index in [-0.39, 0.29) is 0 Å². The summed E-state index contributed by atoms with van der Waals surface area (Å²) >= 11 is 0.